The third kappa shape index (κ3) is 7.66. The molecular formula is C27H37N3O6S. The molecule has 4 rings (SSSR count). The molecule has 2 fully saturated rings. The first-order valence-corrected chi connectivity index (χ1v) is 14.0. The van der Waals surface area contributed by atoms with Crippen LogP contribution in [0.1, 0.15) is 66.3 Å². The Hall–Kier alpha value is -2.69. The molecule has 1 aliphatic heterocycles. The lowest BCUT2D eigenvalue weighted by Crippen LogP contribution is -2.39. The van der Waals surface area contributed by atoms with E-state index in [1.165, 1.54) is 6.42 Å². The SMILES string of the molecule is Cc1sc(N2CCOCC2)nc1CCOc1ccc(CCC(=O)O)c(C(O)C(=O)NC2CCCCC2)c1. The number of benzene rings is 1. The number of aromatic nitrogens is 1. The summed E-state index contributed by atoms with van der Waals surface area (Å²) in [7, 11) is 0. The fraction of sp³-hybridized carbons (Fsp3) is 0.593. The summed E-state index contributed by atoms with van der Waals surface area (Å²) in [6, 6.07) is 5.24. The zero-order valence-corrected chi connectivity index (χ0v) is 22.2. The Kier molecular flexibility index (Phi) is 9.76. The van der Waals surface area contributed by atoms with E-state index in [0.29, 0.717) is 43.1 Å². The molecule has 0 spiro atoms. The van der Waals surface area contributed by atoms with Crippen molar-refractivity contribution in [3.63, 3.8) is 0 Å². The molecule has 202 valence electrons. The number of amides is 1. The number of ether oxygens (including phenoxy) is 2. The van der Waals surface area contributed by atoms with Gasteiger partial charge in [0.15, 0.2) is 11.2 Å². The first kappa shape index (κ1) is 27.3. The Balaban J connectivity index is 1.40. The Morgan fingerprint density at radius 1 is 1.22 bits per heavy atom. The Morgan fingerprint density at radius 3 is 2.70 bits per heavy atom. The van der Waals surface area contributed by atoms with Crippen molar-refractivity contribution >= 4 is 28.3 Å². The minimum atomic E-state index is -1.38. The Morgan fingerprint density at radius 2 is 1.97 bits per heavy atom. The molecule has 37 heavy (non-hydrogen) atoms. The average Bonchev–Trinajstić information content (AvgIpc) is 3.28. The third-order valence-electron chi connectivity index (χ3n) is 6.99. The number of aryl methyl sites for hydroxylation is 2. The first-order valence-electron chi connectivity index (χ1n) is 13.2. The van der Waals surface area contributed by atoms with E-state index in [0.717, 1.165) is 54.5 Å². The standard InChI is InChI=1S/C27H37N3O6S/c1-18-23(29-27(37-18)30-12-15-35-16-13-30)11-14-36-21-9-7-19(8-10-24(31)32)22(17-21)25(33)26(34)28-20-5-3-2-4-6-20/h7,9,17,20,25,33H,2-6,8,10-16H2,1H3,(H,28,34)(H,31,32). The van der Waals surface area contributed by atoms with Crippen molar-refractivity contribution in [1.82, 2.24) is 10.3 Å². The number of carbonyl (C=O) groups is 2. The van der Waals surface area contributed by atoms with Gasteiger partial charge in [-0.25, -0.2) is 4.98 Å². The van der Waals surface area contributed by atoms with Crippen LogP contribution < -0.4 is 15.0 Å². The lowest BCUT2D eigenvalue weighted by Gasteiger charge is -2.26. The number of nitrogens with zero attached hydrogens (tertiary/aromatic N) is 2. The van der Waals surface area contributed by atoms with Crippen LogP contribution >= 0.6 is 11.3 Å². The van der Waals surface area contributed by atoms with Crippen LogP contribution in [0.2, 0.25) is 0 Å². The lowest BCUT2D eigenvalue weighted by molar-refractivity contribution is -0.137. The second-order valence-electron chi connectivity index (χ2n) is 9.70. The number of rotatable bonds is 11. The zero-order valence-electron chi connectivity index (χ0n) is 21.4. The average molecular weight is 532 g/mol. The minimum absolute atomic E-state index is 0.0708. The predicted molar refractivity (Wildman–Crippen MR) is 141 cm³/mol. The molecule has 10 heteroatoms. The number of aliphatic carboxylic acids is 1. The van der Waals surface area contributed by atoms with Gasteiger partial charge in [0, 0.05) is 36.9 Å². The van der Waals surface area contributed by atoms with Gasteiger partial charge in [0.05, 0.1) is 25.5 Å². The van der Waals surface area contributed by atoms with Gasteiger partial charge in [-0.3, -0.25) is 9.59 Å². The van der Waals surface area contributed by atoms with Gasteiger partial charge in [-0.05, 0) is 49.4 Å². The molecule has 1 unspecified atom stereocenters. The van der Waals surface area contributed by atoms with Gasteiger partial charge in [0.25, 0.3) is 5.91 Å². The lowest BCUT2D eigenvalue weighted by atomic mass is 9.94. The molecule has 1 amide bonds. The maximum Gasteiger partial charge on any atom is 0.303 e. The van der Waals surface area contributed by atoms with Gasteiger partial charge >= 0.3 is 5.97 Å². The van der Waals surface area contributed by atoms with Crippen molar-refractivity contribution in [3.05, 3.63) is 39.9 Å². The summed E-state index contributed by atoms with van der Waals surface area (Å²) in [4.78, 5) is 32.2. The molecule has 0 bridgehead atoms. The van der Waals surface area contributed by atoms with Gasteiger partial charge in [-0.1, -0.05) is 25.3 Å². The van der Waals surface area contributed by atoms with Crippen molar-refractivity contribution < 1.29 is 29.3 Å². The molecule has 1 saturated heterocycles. The maximum atomic E-state index is 12.8. The number of morpholine rings is 1. The zero-order chi connectivity index (χ0) is 26.2. The van der Waals surface area contributed by atoms with Gasteiger partial charge in [-0.15, -0.1) is 11.3 Å². The largest absolute Gasteiger partial charge is 0.493 e. The number of nitrogens with one attached hydrogen (secondary N) is 1. The van der Waals surface area contributed by atoms with Crippen molar-refractivity contribution in [3.8, 4) is 5.75 Å². The predicted octanol–water partition coefficient (Wildman–Crippen LogP) is 3.41. The molecule has 2 aromatic rings. The molecule has 2 heterocycles. The summed E-state index contributed by atoms with van der Waals surface area (Å²) in [5.74, 6) is -0.850. The van der Waals surface area contributed by atoms with E-state index in [1.807, 2.05) is 0 Å². The van der Waals surface area contributed by atoms with Gasteiger partial charge in [-0.2, -0.15) is 0 Å². The number of carbonyl (C=O) groups excluding carboxylic acids is 1. The quantitative estimate of drug-likeness (QED) is 0.403. The number of thiazole rings is 1. The second-order valence-corrected chi connectivity index (χ2v) is 10.9. The van der Waals surface area contributed by atoms with E-state index < -0.39 is 18.0 Å². The summed E-state index contributed by atoms with van der Waals surface area (Å²) in [5.41, 5.74) is 2.02. The number of aliphatic hydroxyl groups excluding tert-OH is 1. The highest BCUT2D eigenvalue weighted by atomic mass is 32.1. The van der Waals surface area contributed by atoms with E-state index in [9.17, 15) is 14.7 Å². The molecule has 1 aromatic heterocycles. The third-order valence-corrected chi connectivity index (χ3v) is 8.06. The van der Waals surface area contributed by atoms with E-state index in [4.69, 9.17) is 19.6 Å². The monoisotopic (exact) mass is 531 g/mol. The van der Waals surface area contributed by atoms with Crippen LogP contribution in [0, 0.1) is 6.92 Å². The van der Waals surface area contributed by atoms with E-state index in [1.54, 1.807) is 29.5 Å². The minimum Gasteiger partial charge on any atom is -0.493 e. The molecule has 1 aromatic carbocycles. The van der Waals surface area contributed by atoms with Gasteiger partial charge in [0.2, 0.25) is 0 Å². The molecule has 0 radical (unpaired) electrons. The van der Waals surface area contributed by atoms with E-state index in [2.05, 4.69) is 17.1 Å². The highest BCUT2D eigenvalue weighted by molar-refractivity contribution is 7.15. The molecular weight excluding hydrogens is 494 g/mol. The van der Waals surface area contributed by atoms with Crippen LogP contribution in [0.3, 0.4) is 0 Å². The van der Waals surface area contributed by atoms with Crippen molar-refractivity contribution in [2.45, 2.75) is 70.4 Å². The second kappa shape index (κ2) is 13.2. The van der Waals surface area contributed by atoms with Crippen LogP contribution in [-0.2, 0) is 27.2 Å². The maximum absolute atomic E-state index is 12.8. The summed E-state index contributed by atoms with van der Waals surface area (Å²) >= 11 is 1.68. The summed E-state index contributed by atoms with van der Waals surface area (Å²) in [5, 5.41) is 24.0. The van der Waals surface area contributed by atoms with Gasteiger partial charge in [0.1, 0.15) is 5.75 Å². The van der Waals surface area contributed by atoms with Crippen LogP contribution in [0.25, 0.3) is 0 Å². The number of hydrogen-bond donors (Lipinski definition) is 3. The number of carboxylic acids is 1. The van der Waals surface area contributed by atoms with Crippen LogP contribution in [0.4, 0.5) is 5.13 Å². The molecule has 1 atom stereocenters. The summed E-state index contributed by atoms with van der Waals surface area (Å²) in [6.45, 7) is 5.57. The molecule has 9 nitrogen and oxygen atoms in total. The van der Waals surface area contributed by atoms with Crippen LogP contribution in [0.5, 0.6) is 5.75 Å². The molecule has 3 N–H and O–H groups in total. The van der Waals surface area contributed by atoms with Crippen molar-refractivity contribution in [2.75, 3.05) is 37.8 Å². The molecule has 2 aliphatic rings. The number of aliphatic hydroxyl groups is 1. The molecule has 1 aliphatic carbocycles. The van der Waals surface area contributed by atoms with Crippen LogP contribution in [-0.4, -0.2) is 66.0 Å². The fourth-order valence-corrected chi connectivity index (χ4v) is 5.86. The van der Waals surface area contributed by atoms with E-state index in [-0.39, 0.29) is 18.9 Å². The number of anilines is 1. The number of hydrogen-bond acceptors (Lipinski definition) is 8. The van der Waals surface area contributed by atoms with Gasteiger partial charge < -0.3 is 29.9 Å². The highest BCUT2D eigenvalue weighted by Gasteiger charge is 2.25. The first-order chi connectivity index (χ1) is 17.9. The topological polar surface area (TPSA) is 121 Å². The Bertz CT molecular complexity index is 1060. The smallest absolute Gasteiger partial charge is 0.303 e. The number of carboxylic acid groups (broad SMARTS) is 1. The van der Waals surface area contributed by atoms with Crippen LogP contribution in [0.15, 0.2) is 18.2 Å². The van der Waals surface area contributed by atoms with Crippen molar-refractivity contribution in [2.24, 2.45) is 0 Å². The summed E-state index contributed by atoms with van der Waals surface area (Å²) < 4.78 is 11.4. The van der Waals surface area contributed by atoms with Crippen molar-refractivity contribution in [1.29, 1.82) is 0 Å². The summed E-state index contributed by atoms with van der Waals surface area (Å²) in [6.07, 6.45) is 4.52. The fourth-order valence-electron chi connectivity index (χ4n) is 4.86. The van der Waals surface area contributed by atoms with E-state index >= 15 is 0 Å². The normalized spacial score (nSPS) is 17.4. The molecule has 1 saturated carbocycles. The highest BCUT2D eigenvalue weighted by Crippen LogP contribution is 2.29. The Labute approximate surface area is 221 Å².